The molecule has 4 heterocycles. The van der Waals surface area contributed by atoms with Crippen molar-refractivity contribution in [3.05, 3.63) is 85.2 Å². The van der Waals surface area contributed by atoms with Gasteiger partial charge in [-0.25, -0.2) is 4.98 Å². The second-order valence-electron chi connectivity index (χ2n) is 8.02. The van der Waals surface area contributed by atoms with E-state index in [-0.39, 0.29) is 0 Å². The van der Waals surface area contributed by atoms with Crippen LogP contribution < -0.4 is 0 Å². The lowest BCUT2D eigenvalue weighted by Gasteiger charge is -2.09. The summed E-state index contributed by atoms with van der Waals surface area (Å²) in [6, 6.07) is 26.6. The minimum atomic E-state index is 1.03. The van der Waals surface area contributed by atoms with Crippen molar-refractivity contribution in [2.45, 2.75) is 0 Å². The molecule has 4 aromatic heterocycles. The number of pyridine rings is 1. The van der Waals surface area contributed by atoms with Crippen LogP contribution in [0.1, 0.15) is 0 Å². The van der Waals surface area contributed by atoms with E-state index in [1.54, 1.807) is 0 Å². The lowest BCUT2D eigenvalue weighted by molar-refractivity contribution is 1.28. The Morgan fingerprint density at radius 3 is 2.23 bits per heavy atom. The third-order valence-electron chi connectivity index (χ3n) is 6.46. The fraction of sp³-hybridized carbons (Fsp3) is 0. The van der Waals surface area contributed by atoms with Gasteiger partial charge in [0.25, 0.3) is 0 Å². The Hall–Kier alpha value is -3.47. The van der Waals surface area contributed by atoms with Crippen LogP contribution in [0.3, 0.4) is 0 Å². The predicted molar refractivity (Wildman–Crippen MR) is 136 cm³/mol. The van der Waals surface area contributed by atoms with Crippen LogP contribution in [0.5, 0.6) is 0 Å². The number of aromatic nitrogens is 2. The zero-order valence-corrected chi connectivity index (χ0v) is 17.9. The molecule has 0 aliphatic heterocycles. The van der Waals surface area contributed by atoms with Gasteiger partial charge in [-0.05, 0) is 23.6 Å². The van der Waals surface area contributed by atoms with Crippen molar-refractivity contribution in [2.75, 3.05) is 0 Å². The number of hydrogen-bond donors (Lipinski definition) is 0. The molecular weight excluding hydrogens is 416 g/mol. The summed E-state index contributed by atoms with van der Waals surface area (Å²) in [7, 11) is 0. The monoisotopic (exact) mass is 430 g/mol. The van der Waals surface area contributed by atoms with Gasteiger partial charge in [-0.2, -0.15) is 0 Å². The summed E-state index contributed by atoms with van der Waals surface area (Å²) in [6.45, 7) is 0. The molecule has 0 spiro atoms. The van der Waals surface area contributed by atoms with Crippen molar-refractivity contribution < 1.29 is 0 Å². The summed E-state index contributed by atoms with van der Waals surface area (Å²) in [5.74, 6) is 0. The zero-order chi connectivity index (χ0) is 20.1. The van der Waals surface area contributed by atoms with E-state index in [9.17, 15) is 0 Å². The number of imidazole rings is 1. The molecular formula is C27H14N2S2. The molecule has 0 saturated heterocycles. The number of benzene rings is 4. The Labute approximate surface area is 184 Å². The van der Waals surface area contributed by atoms with E-state index in [1.165, 1.54) is 62.0 Å². The van der Waals surface area contributed by atoms with E-state index in [2.05, 4.69) is 83.4 Å². The molecule has 31 heavy (non-hydrogen) atoms. The fourth-order valence-electron chi connectivity index (χ4n) is 5.18. The number of rotatable bonds is 0. The van der Waals surface area contributed by atoms with E-state index in [0.29, 0.717) is 0 Å². The lowest BCUT2D eigenvalue weighted by Crippen LogP contribution is -1.91. The van der Waals surface area contributed by atoms with Crippen LogP contribution >= 0.6 is 22.7 Å². The molecule has 0 saturated carbocycles. The number of nitrogens with zero attached hydrogens (tertiary/aromatic N) is 2. The minimum Gasteiger partial charge on any atom is -0.298 e. The highest BCUT2D eigenvalue weighted by Gasteiger charge is 2.18. The van der Waals surface area contributed by atoms with Crippen molar-refractivity contribution in [3.8, 4) is 0 Å². The summed E-state index contributed by atoms with van der Waals surface area (Å²) in [5.41, 5.74) is 2.28. The minimum absolute atomic E-state index is 1.03. The zero-order valence-electron chi connectivity index (χ0n) is 16.3. The van der Waals surface area contributed by atoms with Gasteiger partial charge >= 0.3 is 0 Å². The molecule has 4 heteroatoms. The van der Waals surface area contributed by atoms with Gasteiger partial charge in [0.2, 0.25) is 0 Å². The van der Waals surface area contributed by atoms with Crippen molar-refractivity contribution in [2.24, 2.45) is 0 Å². The predicted octanol–water partition coefficient (Wildman–Crippen LogP) is 8.38. The van der Waals surface area contributed by atoms with Gasteiger partial charge < -0.3 is 0 Å². The number of hydrogen-bond acceptors (Lipinski definition) is 3. The van der Waals surface area contributed by atoms with Gasteiger partial charge in [0.15, 0.2) is 0 Å². The maximum Gasteiger partial charge on any atom is 0.145 e. The van der Waals surface area contributed by atoms with Crippen LogP contribution in [0.4, 0.5) is 0 Å². The maximum atomic E-state index is 4.72. The van der Waals surface area contributed by atoms with Crippen LogP contribution in [0, 0.1) is 0 Å². The quantitative estimate of drug-likeness (QED) is 0.221. The second-order valence-corrected chi connectivity index (χ2v) is 10.2. The normalized spacial score (nSPS) is 12.5. The van der Waals surface area contributed by atoms with Crippen molar-refractivity contribution in [1.82, 2.24) is 9.38 Å². The largest absolute Gasteiger partial charge is 0.298 e. The average molecular weight is 431 g/mol. The van der Waals surface area contributed by atoms with Gasteiger partial charge in [-0.3, -0.25) is 4.40 Å². The number of fused-ring (bicyclic) bond motifs is 14. The van der Waals surface area contributed by atoms with Crippen LogP contribution in [0.15, 0.2) is 85.2 Å². The first-order valence-electron chi connectivity index (χ1n) is 10.3. The number of thiophene rings is 2. The van der Waals surface area contributed by atoms with Gasteiger partial charge in [0, 0.05) is 63.5 Å². The third-order valence-corrected chi connectivity index (χ3v) is 8.78. The molecule has 0 fully saturated rings. The molecule has 0 radical (unpaired) electrons. The van der Waals surface area contributed by atoms with Crippen LogP contribution in [0.25, 0.3) is 67.7 Å². The van der Waals surface area contributed by atoms with Crippen LogP contribution in [0.2, 0.25) is 0 Å². The summed E-state index contributed by atoms with van der Waals surface area (Å²) in [6.07, 6.45) is 4.02. The first kappa shape index (κ1) is 16.3. The van der Waals surface area contributed by atoms with E-state index in [1.807, 2.05) is 28.9 Å². The van der Waals surface area contributed by atoms with Gasteiger partial charge in [-0.1, -0.05) is 54.6 Å². The van der Waals surface area contributed by atoms with E-state index < -0.39 is 0 Å². The second kappa shape index (κ2) is 5.61. The first-order chi connectivity index (χ1) is 15.4. The molecule has 144 valence electrons. The van der Waals surface area contributed by atoms with Gasteiger partial charge in [0.05, 0.1) is 5.52 Å². The highest BCUT2D eigenvalue weighted by Crippen LogP contribution is 2.46. The average Bonchev–Trinajstić information content (AvgIpc) is 3.53. The van der Waals surface area contributed by atoms with E-state index >= 15 is 0 Å². The van der Waals surface area contributed by atoms with E-state index in [4.69, 9.17) is 4.98 Å². The van der Waals surface area contributed by atoms with Crippen LogP contribution in [-0.2, 0) is 0 Å². The molecule has 0 bridgehead atoms. The molecule has 0 aliphatic rings. The standard InChI is InChI=1S/C27H14N2S2/c1-2-6-17-15(5-1)16-9-11-21-23(25(16)29-14-13-28-27(17)29)19-10-12-22-24(26(19)31-21)18-7-3-4-8-20(18)30-22/h1-14H. The Morgan fingerprint density at radius 2 is 1.32 bits per heavy atom. The van der Waals surface area contributed by atoms with E-state index in [0.717, 1.165) is 5.65 Å². The molecule has 0 unspecified atom stereocenters. The molecule has 8 rings (SSSR count). The van der Waals surface area contributed by atoms with Gasteiger partial charge in [-0.15, -0.1) is 22.7 Å². The Morgan fingerprint density at radius 1 is 0.581 bits per heavy atom. The summed E-state index contributed by atoms with van der Waals surface area (Å²) in [4.78, 5) is 4.72. The SMILES string of the molecule is c1ccc2c(c1)sc1ccc3c(sc4ccc5c6ccccc6c6nccn6c5c43)c12. The molecule has 0 amide bonds. The Bertz CT molecular complexity index is 2000. The van der Waals surface area contributed by atoms with Crippen molar-refractivity contribution in [1.29, 1.82) is 0 Å². The molecule has 0 atom stereocenters. The fourth-order valence-corrected chi connectivity index (χ4v) is 7.62. The molecule has 2 nitrogen and oxygen atoms in total. The highest BCUT2D eigenvalue weighted by molar-refractivity contribution is 7.29. The van der Waals surface area contributed by atoms with Crippen molar-refractivity contribution >= 4 is 90.3 Å². The molecule has 0 aliphatic carbocycles. The third kappa shape index (κ3) is 1.95. The smallest absolute Gasteiger partial charge is 0.145 e. The summed E-state index contributed by atoms with van der Waals surface area (Å²) >= 11 is 3.80. The topological polar surface area (TPSA) is 17.3 Å². The maximum absolute atomic E-state index is 4.72. The first-order valence-corrected chi connectivity index (χ1v) is 11.9. The molecule has 0 N–H and O–H groups in total. The van der Waals surface area contributed by atoms with Gasteiger partial charge in [0.1, 0.15) is 5.65 Å². The summed E-state index contributed by atoms with van der Waals surface area (Å²) in [5, 5.41) is 9.18. The molecule has 4 aromatic carbocycles. The highest BCUT2D eigenvalue weighted by atomic mass is 32.1. The summed E-state index contributed by atoms with van der Waals surface area (Å²) < 4.78 is 7.72. The lowest BCUT2D eigenvalue weighted by atomic mass is 10.0. The molecule has 8 aromatic rings. The Balaban J connectivity index is 1.70. The van der Waals surface area contributed by atoms with Crippen molar-refractivity contribution in [3.63, 3.8) is 0 Å². The van der Waals surface area contributed by atoms with Crippen LogP contribution in [-0.4, -0.2) is 9.38 Å². The Kier molecular flexibility index (Phi) is 2.94.